The number of ether oxygens (including phenoxy) is 2. The maximum atomic E-state index is 5.80. The van der Waals surface area contributed by atoms with Gasteiger partial charge in [-0.2, -0.15) is 0 Å². The Labute approximate surface area is 98.6 Å². The van der Waals surface area contributed by atoms with Crippen molar-refractivity contribution in [2.75, 3.05) is 18.9 Å². The molecule has 0 radical (unpaired) electrons. The molecule has 5 nitrogen and oxygen atoms in total. The standard InChI is InChI=1S/C12H13N3O2/c13-12-14-6-8-1-2-9(5-11(8)15-12)17-10-3-4-16-7-10/h1-2,5-6,10H,3-4,7H2,(H2,13,14,15). The number of benzene rings is 1. The number of aromatic nitrogens is 2. The van der Waals surface area contributed by atoms with Crippen molar-refractivity contribution in [2.24, 2.45) is 0 Å². The van der Waals surface area contributed by atoms with E-state index in [2.05, 4.69) is 9.97 Å². The third-order valence-corrected chi connectivity index (χ3v) is 2.76. The summed E-state index contributed by atoms with van der Waals surface area (Å²) >= 11 is 0. The summed E-state index contributed by atoms with van der Waals surface area (Å²) in [6.45, 7) is 1.43. The van der Waals surface area contributed by atoms with Crippen molar-refractivity contribution in [3.63, 3.8) is 0 Å². The first-order chi connectivity index (χ1) is 8.31. The Morgan fingerprint density at radius 2 is 2.35 bits per heavy atom. The van der Waals surface area contributed by atoms with Crippen molar-refractivity contribution in [3.8, 4) is 5.75 Å². The fraction of sp³-hybridized carbons (Fsp3) is 0.333. The van der Waals surface area contributed by atoms with Crippen molar-refractivity contribution in [3.05, 3.63) is 24.4 Å². The highest BCUT2D eigenvalue weighted by atomic mass is 16.5. The van der Waals surface area contributed by atoms with Gasteiger partial charge in [-0.3, -0.25) is 0 Å². The molecule has 0 saturated carbocycles. The molecular weight excluding hydrogens is 218 g/mol. The van der Waals surface area contributed by atoms with Crippen LogP contribution in [0, 0.1) is 0 Å². The normalized spacial score (nSPS) is 19.6. The molecule has 1 saturated heterocycles. The molecule has 17 heavy (non-hydrogen) atoms. The first-order valence-electron chi connectivity index (χ1n) is 5.58. The molecule has 0 spiro atoms. The zero-order valence-corrected chi connectivity index (χ0v) is 9.30. The first kappa shape index (κ1) is 10.3. The summed E-state index contributed by atoms with van der Waals surface area (Å²) in [6.07, 6.45) is 2.79. The third kappa shape index (κ3) is 2.14. The van der Waals surface area contributed by atoms with Gasteiger partial charge in [0.25, 0.3) is 0 Å². The van der Waals surface area contributed by atoms with Gasteiger partial charge in [-0.1, -0.05) is 0 Å². The fourth-order valence-electron chi connectivity index (χ4n) is 1.89. The molecule has 0 bridgehead atoms. The molecule has 2 N–H and O–H groups in total. The van der Waals surface area contributed by atoms with Gasteiger partial charge in [0, 0.05) is 24.1 Å². The van der Waals surface area contributed by atoms with E-state index < -0.39 is 0 Å². The van der Waals surface area contributed by atoms with E-state index in [1.807, 2.05) is 18.2 Å². The van der Waals surface area contributed by atoms with E-state index >= 15 is 0 Å². The summed E-state index contributed by atoms with van der Waals surface area (Å²) in [7, 11) is 0. The Morgan fingerprint density at radius 3 is 3.18 bits per heavy atom. The van der Waals surface area contributed by atoms with Gasteiger partial charge in [0.15, 0.2) is 0 Å². The minimum Gasteiger partial charge on any atom is -0.488 e. The summed E-state index contributed by atoms with van der Waals surface area (Å²) in [5.41, 5.74) is 6.35. The Morgan fingerprint density at radius 1 is 1.41 bits per heavy atom. The lowest BCUT2D eigenvalue weighted by atomic mass is 10.2. The molecule has 1 aromatic heterocycles. The van der Waals surface area contributed by atoms with Crippen LogP contribution in [0.15, 0.2) is 24.4 Å². The van der Waals surface area contributed by atoms with Crippen molar-refractivity contribution >= 4 is 16.9 Å². The van der Waals surface area contributed by atoms with E-state index in [9.17, 15) is 0 Å². The molecule has 1 fully saturated rings. The first-order valence-corrected chi connectivity index (χ1v) is 5.58. The molecule has 0 amide bonds. The van der Waals surface area contributed by atoms with Crippen LogP contribution in [-0.2, 0) is 4.74 Å². The monoisotopic (exact) mass is 231 g/mol. The number of nitrogen functional groups attached to an aromatic ring is 1. The Kier molecular flexibility index (Phi) is 2.53. The SMILES string of the molecule is Nc1ncc2ccc(OC3CCOC3)cc2n1. The van der Waals surface area contributed by atoms with E-state index in [-0.39, 0.29) is 12.1 Å². The summed E-state index contributed by atoms with van der Waals surface area (Å²) in [5.74, 6) is 1.07. The average Bonchev–Trinajstić information content (AvgIpc) is 2.81. The van der Waals surface area contributed by atoms with E-state index in [1.54, 1.807) is 6.20 Å². The van der Waals surface area contributed by atoms with E-state index in [1.165, 1.54) is 0 Å². The highest BCUT2D eigenvalue weighted by molar-refractivity contribution is 5.79. The maximum absolute atomic E-state index is 5.80. The lowest BCUT2D eigenvalue weighted by Crippen LogP contribution is -2.15. The Bertz CT molecular complexity index is 538. The Balaban J connectivity index is 1.89. The largest absolute Gasteiger partial charge is 0.488 e. The van der Waals surface area contributed by atoms with Gasteiger partial charge in [0.1, 0.15) is 11.9 Å². The predicted octanol–water partition coefficient (Wildman–Crippen LogP) is 1.38. The van der Waals surface area contributed by atoms with Gasteiger partial charge in [-0.05, 0) is 12.1 Å². The van der Waals surface area contributed by atoms with Gasteiger partial charge in [0.05, 0.1) is 18.7 Å². The second kappa shape index (κ2) is 4.18. The zero-order chi connectivity index (χ0) is 11.7. The van der Waals surface area contributed by atoms with E-state index in [0.717, 1.165) is 29.7 Å². The van der Waals surface area contributed by atoms with Crippen LogP contribution in [0.4, 0.5) is 5.95 Å². The zero-order valence-electron chi connectivity index (χ0n) is 9.30. The number of nitrogens with zero attached hydrogens (tertiary/aromatic N) is 2. The highest BCUT2D eigenvalue weighted by Crippen LogP contribution is 2.22. The van der Waals surface area contributed by atoms with Crippen molar-refractivity contribution in [1.29, 1.82) is 0 Å². The number of hydrogen-bond acceptors (Lipinski definition) is 5. The van der Waals surface area contributed by atoms with Gasteiger partial charge < -0.3 is 15.2 Å². The van der Waals surface area contributed by atoms with Crippen molar-refractivity contribution < 1.29 is 9.47 Å². The predicted molar refractivity (Wildman–Crippen MR) is 63.8 cm³/mol. The lowest BCUT2D eigenvalue weighted by molar-refractivity contribution is 0.141. The number of hydrogen-bond donors (Lipinski definition) is 1. The second-order valence-electron chi connectivity index (χ2n) is 4.05. The molecule has 2 heterocycles. The molecule has 0 aliphatic carbocycles. The quantitative estimate of drug-likeness (QED) is 0.845. The number of anilines is 1. The van der Waals surface area contributed by atoms with Crippen LogP contribution in [0.5, 0.6) is 5.75 Å². The van der Waals surface area contributed by atoms with E-state index in [4.69, 9.17) is 15.2 Å². The molecule has 1 aliphatic heterocycles. The summed E-state index contributed by atoms with van der Waals surface area (Å²) < 4.78 is 11.1. The molecule has 1 aliphatic rings. The topological polar surface area (TPSA) is 70.3 Å². The van der Waals surface area contributed by atoms with Gasteiger partial charge >= 0.3 is 0 Å². The van der Waals surface area contributed by atoms with Crippen LogP contribution in [0.1, 0.15) is 6.42 Å². The van der Waals surface area contributed by atoms with Crippen LogP contribution in [0.25, 0.3) is 10.9 Å². The molecule has 2 aromatic rings. The molecule has 5 heteroatoms. The highest BCUT2D eigenvalue weighted by Gasteiger charge is 2.17. The molecule has 1 unspecified atom stereocenters. The molecule has 88 valence electrons. The number of fused-ring (bicyclic) bond motifs is 1. The minimum absolute atomic E-state index is 0.145. The van der Waals surface area contributed by atoms with Crippen molar-refractivity contribution in [2.45, 2.75) is 12.5 Å². The molecule has 3 rings (SSSR count). The Hall–Kier alpha value is -1.88. The lowest BCUT2D eigenvalue weighted by Gasteiger charge is -2.11. The van der Waals surface area contributed by atoms with Crippen LogP contribution >= 0.6 is 0 Å². The summed E-state index contributed by atoms with van der Waals surface area (Å²) in [6, 6.07) is 5.73. The fourth-order valence-corrected chi connectivity index (χ4v) is 1.89. The van der Waals surface area contributed by atoms with E-state index in [0.29, 0.717) is 6.61 Å². The molecular formula is C12H13N3O2. The van der Waals surface area contributed by atoms with Gasteiger partial charge in [0.2, 0.25) is 5.95 Å². The maximum Gasteiger partial charge on any atom is 0.220 e. The van der Waals surface area contributed by atoms with Crippen molar-refractivity contribution in [1.82, 2.24) is 9.97 Å². The van der Waals surface area contributed by atoms with Gasteiger partial charge in [-0.25, -0.2) is 9.97 Å². The smallest absolute Gasteiger partial charge is 0.220 e. The summed E-state index contributed by atoms with van der Waals surface area (Å²) in [5, 5.41) is 0.953. The molecule has 1 aromatic carbocycles. The second-order valence-corrected chi connectivity index (χ2v) is 4.05. The summed E-state index contributed by atoms with van der Waals surface area (Å²) in [4.78, 5) is 8.11. The minimum atomic E-state index is 0.145. The number of nitrogens with two attached hydrogens (primary N) is 1. The third-order valence-electron chi connectivity index (χ3n) is 2.76. The molecule has 1 atom stereocenters. The van der Waals surface area contributed by atoms with Gasteiger partial charge in [-0.15, -0.1) is 0 Å². The van der Waals surface area contributed by atoms with Crippen LogP contribution in [-0.4, -0.2) is 29.3 Å². The average molecular weight is 231 g/mol. The van der Waals surface area contributed by atoms with Crippen LogP contribution < -0.4 is 10.5 Å². The van der Waals surface area contributed by atoms with Crippen LogP contribution in [0.2, 0.25) is 0 Å². The van der Waals surface area contributed by atoms with Crippen LogP contribution in [0.3, 0.4) is 0 Å². The number of rotatable bonds is 2.